The van der Waals surface area contributed by atoms with Crippen LogP contribution in [0.25, 0.3) is 0 Å². The Kier molecular flexibility index (Phi) is 5.33. The average Bonchev–Trinajstić information content (AvgIpc) is 2.23. The van der Waals surface area contributed by atoms with Crippen LogP contribution in [-0.2, 0) is 0 Å². The van der Waals surface area contributed by atoms with Gasteiger partial charge in [-0.15, -0.1) is 0 Å². The second kappa shape index (κ2) is 6.53. The minimum absolute atomic E-state index is 0.484. The number of nitrogen functional groups attached to an aromatic ring is 1. The SMILES string of the molecule is Cc1ccc(N)c(NC(C)CCCC(C)C)c1. The van der Waals surface area contributed by atoms with E-state index >= 15 is 0 Å². The molecule has 0 amide bonds. The normalized spacial score (nSPS) is 12.8. The van der Waals surface area contributed by atoms with Gasteiger partial charge in [-0.25, -0.2) is 0 Å². The van der Waals surface area contributed by atoms with Gasteiger partial charge in [-0.3, -0.25) is 0 Å². The van der Waals surface area contributed by atoms with Crippen molar-refractivity contribution in [2.75, 3.05) is 11.1 Å². The molecule has 0 saturated carbocycles. The van der Waals surface area contributed by atoms with Crippen molar-refractivity contribution >= 4 is 11.4 Å². The zero-order chi connectivity index (χ0) is 12.8. The molecule has 0 aliphatic heterocycles. The second-order valence-corrected chi connectivity index (χ2v) is 5.46. The highest BCUT2D eigenvalue weighted by atomic mass is 14.9. The van der Waals surface area contributed by atoms with Crippen molar-refractivity contribution in [3.63, 3.8) is 0 Å². The highest BCUT2D eigenvalue weighted by Crippen LogP contribution is 2.21. The maximum absolute atomic E-state index is 5.95. The smallest absolute Gasteiger partial charge is 0.0578 e. The molecule has 0 heterocycles. The van der Waals surface area contributed by atoms with Crippen molar-refractivity contribution in [1.29, 1.82) is 0 Å². The van der Waals surface area contributed by atoms with E-state index in [4.69, 9.17) is 5.73 Å². The fourth-order valence-electron chi connectivity index (χ4n) is 1.97. The molecule has 0 aromatic heterocycles. The maximum atomic E-state index is 5.95. The van der Waals surface area contributed by atoms with E-state index < -0.39 is 0 Å². The van der Waals surface area contributed by atoms with Gasteiger partial charge in [0, 0.05) is 6.04 Å². The Balaban J connectivity index is 2.44. The lowest BCUT2D eigenvalue weighted by Crippen LogP contribution is -2.16. The topological polar surface area (TPSA) is 38.0 Å². The Bertz CT molecular complexity index is 345. The highest BCUT2D eigenvalue weighted by molar-refractivity contribution is 5.67. The molecule has 0 spiro atoms. The molecule has 1 aromatic carbocycles. The fourth-order valence-corrected chi connectivity index (χ4v) is 1.97. The van der Waals surface area contributed by atoms with Gasteiger partial charge < -0.3 is 11.1 Å². The first-order chi connectivity index (χ1) is 7.99. The lowest BCUT2D eigenvalue weighted by atomic mass is 10.0. The summed E-state index contributed by atoms with van der Waals surface area (Å²) in [6, 6.07) is 6.62. The summed E-state index contributed by atoms with van der Waals surface area (Å²) in [4.78, 5) is 0. The first-order valence-corrected chi connectivity index (χ1v) is 6.61. The summed E-state index contributed by atoms with van der Waals surface area (Å²) in [6.45, 7) is 8.86. The van der Waals surface area contributed by atoms with Crippen LogP contribution in [0.3, 0.4) is 0 Å². The highest BCUT2D eigenvalue weighted by Gasteiger charge is 2.05. The first-order valence-electron chi connectivity index (χ1n) is 6.61. The number of hydrogen-bond acceptors (Lipinski definition) is 2. The van der Waals surface area contributed by atoms with Gasteiger partial charge in [0.25, 0.3) is 0 Å². The lowest BCUT2D eigenvalue weighted by molar-refractivity contribution is 0.520. The van der Waals surface area contributed by atoms with Crippen LogP contribution >= 0.6 is 0 Å². The Labute approximate surface area is 106 Å². The van der Waals surface area contributed by atoms with Crippen LogP contribution in [0.1, 0.15) is 45.6 Å². The molecule has 17 heavy (non-hydrogen) atoms. The van der Waals surface area contributed by atoms with Gasteiger partial charge in [-0.05, 0) is 43.9 Å². The number of nitrogens with two attached hydrogens (primary N) is 1. The third-order valence-electron chi connectivity index (χ3n) is 3.03. The Morgan fingerprint density at radius 3 is 2.53 bits per heavy atom. The predicted octanol–water partition coefficient (Wildman–Crippen LogP) is 4.20. The van der Waals surface area contributed by atoms with Gasteiger partial charge in [0.1, 0.15) is 0 Å². The van der Waals surface area contributed by atoms with Crippen molar-refractivity contribution in [3.05, 3.63) is 23.8 Å². The van der Waals surface area contributed by atoms with E-state index in [2.05, 4.69) is 39.1 Å². The minimum atomic E-state index is 0.484. The number of aryl methyl sites for hydroxylation is 1. The molecular formula is C15H26N2. The van der Waals surface area contributed by atoms with Gasteiger partial charge in [0.2, 0.25) is 0 Å². The zero-order valence-corrected chi connectivity index (χ0v) is 11.6. The van der Waals surface area contributed by atoms with Crippen LogP contribution in [0.2, 0.25) is 0 Å². The van der Waals surface area contributed by atoms with Crippen molar-refractivity contribution in [2.24, 2.45) is 5.92 Å². The third-order valence-corrected chi connectivity index (χ3v) is 3.03. The molecule has 0 fully saturated rings. The predicted molar refractivity (Wildman–Crippen MR) is 77.4 cm³/mol. The molecule has 1 aromatic rings. The minimum Gasteiger partial charge on any atom is -0.397 e. The van der Waals surface area contributed by atoms with Crippen LogP contribution in [0.5, 0.6) is 0 Å². The van der Waals surface area contributed by atoms with Crippen molar-refractivity contribution in [1.82, 2.24) is 0 Å². The van der Waals surface area contributed by atoms with Crippen LogP contribution in [-0.4, -0.2) is 6.04 Å². The van der Waals surface area contributed by atoms with E-state index in [-0.39, 0.29) is 0 Å². The Morgan fingerprint density at radius 1 is 1.18 bits per heavy atom. The molecule has 0 saturated heterocycles. The van der Waals surface area contributed by atoms with Crippen LogP contribution < -0.4 is 11.1 Å². The lowest BCUT2D eigenvalue weighted by Gasteiger charge is -2.17. The second-order valence-electron chi connectivity index (χ2n) is 5.46. The van der Waals surface area contributed by atoms with Crippen LogP contribution in [0.4, 0.5) is 11.4 Å². The number of rotatable bonds is 6. The summed E-state index contributed by atoms with van der Waals surface area (Å²) in [5.74, 6) is 0.797. The quantitative estimate of drug-likeness (QED) is 0.724. The zero-order valence-electron chi connectivity index (χ0n) is 11.6. The molecule has 0 radical (unpaired) electrons. The molecule has 2 nitrogen and oxygen atoms in total. The summed E-state index contributed by atoms with van der Waals surface area (Å²) < 4.78 is 0. The third kappa shape index (κ3) is 5.12. The molecule has 1 rings (SSSR count). The summed E-state index contributed by atoms with van der Waals surface area (Å²) >= 11 is 0. The molecule has 96 valence electrons. The van der Waals surface area contributed by atoms with E-state index in [0.29, 0.717) is 6.04 Å². The number of hydrogen-bond donors (Lipinski definition) is 2. The van der Waals surface area contributed by atoms with Gasteiger partial charge in [-0.2, -0.15) is 0 Å². The summed E-state index contributed by atoms with van der Waals surface area (Å²) in [7, 11) is 0. The number of anilines is 2. The molecule has 1 unspecified atom stereocenters. The molecule has 0 aliphatic carbocycles. The summed E-state index contributed by atoms with van der Waals surface area (Å²) in [5.41, 5.74) is 9.11. The number of nitrogens with one attached hydrogen (secondary N) is 1. The van der Waals surface area contributed by atoms with E-state index in [0.717, 1.165) is 17.3 Å². The Morgan fingerprint density at radius 2 is 1.88 bits per heavy atom. The van der Waals surface area contributed by atoms with E-state index in [1.54, 1.807) is 0 Å². The van der Waals surface area contributed by atoms with Crippen molar-refractivity contribution in [2.45, 2.75) is 53.0 Å². The number of benzene rings is 1. The fraction of sp³-hybridized carbons (Fsp3) is 0.600. The van der Waals surface area contributed by atoms with Crippen LogP contribution in [0, 0.1) is 12.8 Å². The molecule has 0 aliphatic rings. The van der Waals surface area contributed by atoms with Gasteiger partial charge in [0.05, 0.1) is 11.4 Å². The van der Waals surface area contributed by atoms with Gasteiger partial charge >= 0.3 is 0 Å². The molecule has 2 heteroatoms. The first kappa shape index (κ1) is 13.9. The summed E-state index contributed by atoms with van der Waals surface area (Å²) in [6.07, 6.45) is 3.78. The average molecular weight is 234 g/mol. The van der Waals surface area contributed by atoms with Crippen molar-refractivity contribution in [3.8, 4) is 0 Å². The molecule has 1 atom stereocenters. The Hall–Kier alpha value is -1.18. The molecule has 0 bridgehead atoms. The monoisotopic (exact) mass is 234 g/mol. The standard InChI is InChI=1S/C15H26N2/c1-11(2)6-5-7-13(4)17-15-10-12(3)8-9-14(15)16/h8-11,13,17H,5-7,16H2,1-4H3. The van der Waals surface area contributed by atoms with Gasteiger partial charge in [0.15, 0.2) is 0 Å². The summed E-state index contributed by atoms with van der Waals surface area (Å²) in [5, 5.41) is 3.50. The van der Waals surface area contributed by atoms with E-state index in [1.807, 2.05) is 12.1 Å². The molecular weight excluding hydrogens is 208 g/mol. The van der Waals surface area contributed by atoms with E-state index in [9.17, 15) is 0 Å². The van der Waals surface area contributed by atoms with E-state index in [1.165, 1.54) is 24.8 Å². The largest absolute Gasteiger partial charge is 0.397 e. The van der Waals surface area contributed by atoms with Crippen LogP contribution in [0.15, 0.2) is 18.2 Å². The maximum Gasteiger partial charge on any atom is 0.0578 e. The molecule has 3 N–H and O–H groups in total. The van der Waals surface area contributed by atoms with Crippen molar-refractivity contribution < 1.29 is 0 Å². The van der Waals surface area contributed by atoms with Gasteiger partial charge in [-0.1, -0.05) is 32.8 Å².